The summed E-state index contributed by atoms with van der Waals surface area (Å²) in [4.78, 5) is 0. The molecule has 0 aromatic rings. The SMILES string of the molecule is CO[Si](CCS)(OC)OCS. The van der Waals surface area contributed by atoms with Gasteiger partial charge in [0.1, 0.15) is 0 Å². The van der Waals surface area contributed by atoms with Gasteiger partial charge in [0.15, 0.2) is 0 Å². The summed E-state index contributed by atoms with van der Waals surface area (Å²) in [5, 5.41) is 0. The average molecular weight is 214 g/mol. The van der Waals surface area contributed by atoms with E-state index in [-0.39, 0.29) is 0 Å². The lowest BCUT2D eigenvalue weighted by atomic mass is 11.0. The predicted molar refractivity (Wildman–Crippen MR) is 53.4 cm³/mol. The van der Waals surface area contributed by atoms with E-state index in [1.54, 1.807) is 14.2 Å². The first kappa shape index (κ1) is 11.8. The maximum Gasteiger partial charge on any atom is 0.501 e. The summed E-state index contributed by atoms with van der Waals surface area (Å²) in [7, 11) is 0.776. The largest absolute Gasteiger partial charge is 0.501 e. The van der Waals surface area contributed by atoms with Gasteiger partial charge in [0.05, 0.1) is 5.94 Å². The van der Waals surface area contributed by atoms with Crippen LogP contribution >= 0.6 is 25.3 Å². The molecule has 0 saturated heterocycles. The molecule has 68 valence electrons. The van der Waals surface area contributed by atoms with Crippen LogP contribution in [0.2, 0.25) is 6.04 Å². The first-order chi connectivity index (χ1) is 5.24. The normalized spacial score (nSPS) is 12.0. The Bertz CT molecular complexity index is 91.7. The van der Waals surface area contributed by atoms with Crippen LogP contribution in [0.1, 0.15) is 0 Å². The Morgan fingerprint density at radius 1 is 1.18 bits per heavy atom. The van der Waals surface area contributed by atoms with Crippen LogP contribution in [0.5, 0.6) is 0 Å². The van der Waals surface area contributed by atoms with Gasteiger partial charge in [-0.05, 0) is 5.75 Å². The van der Waals surface area contributed by atoms with E-state index < -0.39 is 8.80 Å². The Hall–Kier alpha value is 0.797. The molecule has 0 saturated carbocycles. The van der Waals surface area contributed by atoms with Crippen molar-refractivity contribution in [2.24, 2.45) is 0 Å². The zero-order chi connectivity index (χ0) is 8.74. The van der Waals surface area contributed by atoms with Gasteiger partial charge in [0, 0.05) is 20.3 Å². The molecule has 0 aliphatic heterocycles. The summed E-state index contributed by atoms with van der Waals surface area (Å²) in [5.74, 6) is 1.02. The van der Waals surface area contributed by atoms with Crippen LogP contribution < -0.4 is 0 Å². The van der Waals surface area contributed by atoms with Crippen LogP contribution in [0.25, 0.3) is 0 Å². The third-order valence-corrected chi connectivity index (χ3v) is 5.03. The Labute approximate surface area is 79.6 Å². The van der Waals surface area contributed by atoms with Crippen molar-refractivity contribution >= 4 is 34.1 Å². The van der Waals surface area contributed by atoms with Gasteiger partial charge in [-0.25, -0.2) is 0 Å². The van der Waals surface area contributed by atoms with E-state index in [4.69, 9.17) is 13.3 Å². The molecule has 0 aliphatic carbocycles. The summed E-state index contributed by atoms with van der Waals surface area (Å²) in [6.45, 7) is 0. The third-order valence-electron chi connectivity index (χ3n) is 1.32. The van der Waals surface area contributed by atoms with Crippen LogP contribution in [-0.2, 0) is 13.3 Å². The number of hydrogen-bond donors (Lipinski definition) is 2. The number of hydrogen-bond acceptors (Lipinski definition) is 5. The third kappa shape index (κ3) is 3.82. The highest BCUT2D eigenvalue weighted by Gasteiger charge is 2.37. The van der Waals surface area contributed by atoms with Crippen LogP contribution in [0.15, 0.2) is 0 Å². The Morgan fingerprint density at radius 3 is 2.00 bits per heavy atom. The highest BCUT2D eigenvalue weighted by molar-refractivity contribution is 7.80. The van der Waals surface area contributed by atoms with Gasteiger partial charge >= 0.3 is 8.80 Å². The van der Waals surface area contributed by atoms with Gasteiger partial charge in [-0.2, -0.15) is 25.3 Å². The van der Waals surface area contributed by atoms with E-state index in [2.05, 4.69) is 25.3 Å². The molecular weight excluding hydrogens is 200 g/mol. The summed E-state index contributed by atoms with van der Waals surface area (Å²) < 4.78 is 15.6. The lowest BCUT2D eigenvalue weighted by Crippen LogP contribution is -2.43. The van der Waals surface area contributed by atoms with Crippen molar-refractivity contribution < 1.29 is 13.3 Å². The first-order valence-electron chi connectivity index (χ1n) is 3.20. The molecule has 0 atom stereocenters. The summed E-state index contributed by atoms with van der Waals surface area (Å²) in [5.41, 5.74) is 0. The lowest BCUT2D eigenvalue weighted by molar-refractivity contribution is 0.120. The second kappa shape index (κ2) is 6.33. The fourth-order valence-electron chi connectivity index (χ4n) is 0.713. The van der Waals surface area contributed by atoms with Crippen LogP contribution in [0, 0.1) is 0 Å². The molecule has 0 N–H and O–H groups in total. The fourth-order valence-corrected chi connectivity index (χ4v) is 3.55. The van der Waals surface area contributed by atoms with E-state index in [9.17, 15) is 0 Å². The maximum atomic E-state index is 5.28. The second-order valence-corrected chi connectivity index (χ2v) is 5.51. The van der Waals surface area contributed by atoms with Crippen molar-refractivity contribution in [1.82, 2.24) is 0 Å². The summed E-state index contributed by atoms with van der Waals surface area (Å²) in [6, 6.07) is 0.712. The summed E-state index contributed by atoms with van der Waals surface area (Å²) >= 11 is 8.03. The van der Waals surface area contributed by atoms with Gasteiger partial charge < -0.3 is 13.3 Å². The zero-order valence-electron chi connectivity index (χ0n) is 6.74. The van der Waals surface area contributed by atoms with E-state index in [1.165, 1.54) is 0 Å². The molecule has 0 fully saturated rings. The van der Waals surface area contributed by atoms with Gasteiger partial charge in [0.25, 0.3) is 0 Å². The van der Waals surface area contributed by atoms with Gasteiger partial charge in [-0.15, -0.1) is 0 Å². The Balaban J connectivity index is 3.96. The van der Waals surface area contributed by atoms with Crippen molar-refractivity contribution in [2.75, 3.05) is 25.9 Å². The molecule has 0 aliphatic rings. The highest BCUT2D eigenvalue weighted by atomic mass is 32.1. The van der Waals surface area contributed by atoms with E-state index in [1.807, 2.05) is 0 Å². The van der Waals surface area contributed by atoms with Crippen molar-refractivity contribution in [3.63, 3.8) is 0 Å². The predicted octanol–water partition coefficient (Wildman–Crippen LogP) is 1.05. The van der Waals surface area contributed by atoms with Gasteiger partial charge in [-0.3, -0.25) is 0 Å². The van der Waals surface area contributed by atoms with Crippen LogP contribution in [0.3, 0.4) is 0 Å². The number of thiol groups is 2. The molecule has 0 rings (SSSR count). The summed E-state index contributed by atoms with van der Waals surface area (Å²) in [6.07, 6.45) is 0. The maximum absolute atomic E-state index is 5.28. The first-order valence-corrected chi connectivity index (χ1v) is 6.40. The van der Waals surface area contributed by atoms with Crippen molar-refractivity contribution in [1.29, 1.82) is 0 Å². The van der Waals surface area contributed by atoms with Crippen molar-refractivity contribution in [3.8, 4) is 0 Å². The molecule has 3 nitrogen and oxygen atoms in total. The second-order valence-electron chi connectivity index (χ2n) is 1.84. The molecule has 0 unspecified atom stereocenters. The van der Waals surface area contributed by atoms with E-state index in [0.29, 0.717) is 17.7 Å². The quantitative estimate of drug-likeness (QED) is 0.393. The van der Waals surface area contributed by atoms with Gasteiger partial charge in [0.2, 0.25) is 0 Å². The monoisotopic (exact) mass is 214 g/mol. The van der Waals surface area contributed by atoms with E-state index >= 15 is 0 Å². The molecule has 0 aromatic carbocycles. The van der Waals surface area contributed by atoms with Crippen molar-refractivity contribution in [3.05, 3.63) is 0 Å². The minimum atomic E-state index is -2.40. The average Bonchev–Trinajstić information content (AvgIpc) is 2.04. The molecule has 0 amide bonds. The smallest absolute Gasteiger partial charge is 0.377 e. The Kier molecular flexibility index (Phi) is 6.79. The molecule has 0 radical (unpaired) electrons. The molecule has 11 heavy (non-hydrogen) atoms. The molecule has 6 heteroatoms. The topological polar surface area (TPSA) is 27.7 Å². The Morgan fingerprint density at radius 2 is 1.73 bits per heavy atom. The molecule has 0 bridgehead atoms. The fraction of sp³-hybridized carbons (Fsp3) is 1.00. The molecule has 0 spiro atoms. The van der Waals surface area contributed by atoms with Gasteiger partial charge in [-0.1, -0.05) is 0 Å². The highest BCUT2D eigenvalue weighted by Crippen LogP contribution is 2.14. The molecule has 0 heterocycles. The zero-order valence-corrected chi connectivity index (χ0v) is 9.53. The number of rotatable bonds is 6. The lowest BCUT2D eigenvalue weighted by Gasteiger charge is -2.24. The standard InChI is InChI=1S/C5H14O3S2Si/c1-6-11(7-2,4-3-9)8-5-10/h9-10H,3-5H2,1-2H3. The van der Waals surface area contributed by atoms with Crippen molar-refractivity contribution in [2.45, 2.75) is 6.04 Å². The van der Waals surface area contributed by atoms with E-state index in [0.717, 1.165) is 0 Å². The molecule has 0 aromatic heterocycles. The molecular formula is C5H14O3S2Si. The minimum Gasteiger partial charge on any atom is -0.377 e. The van der Waals surface area contributed by atoms with Crippen LogP contribution in [0.4, 0.5) is 0 Å². The minimum absolute atomic E-state index is 0.321. The van der Waals surface area contributed by atoms with Crippen LogP contribution in [-0.4, -0.2) is 34.7 Å².